The largest absolute Gasteiger partial charge is 0.284 e. The summed E-state index contributed by atoms with van der Waals surface area (Å²) in [5, 5.41) is 1.11. The molecule has 0 bridgehead atoms. The summed E-state index contributed by atoms with van der Waals surface area (Å²) in [6.45, 7) is 2.01. The Bertz CT molecular complexity index is 290. The van der Waals surface area contributed by atoms with E-state index in [1.807, 2.05) is 31.2 Å². The standard InChI is InChI=1S/C10H14N2O/c1-8-3-5-9(6-4-8)7-10(13)12(2)11/h3-6H,7,11H2,1-2H3. The van der Waals surface area contributed by atoms with E-state index in [0.29, 0.717) is 6.42 Å². The van der Waals surface area contributed by atoms with Crippen LogP contribution in [-0.2, 0) is 11.2 Å². The van der Waals surface area contributed by atoms with Crippen molar-refractivity contribution in [2.24, 2.45) is 5.84 Å². The van der Waals surface area contributed by atoms with Crippen molar-refractivity contribution < 1.29 is 4.79 Å². The molecule has 0 saturated heterocycles. The minimum absolute atomic E-state index is 0.0798. The summed E-state index contributed by atoms with van der Waals surface area (Å²) in [5.74, 6) is 5.22. The van der Waals surface area contributed by atoms with E-state index in [0.717, 1.165) is 10.6 Å². The topological polar surface area (TPSA) is 46.3 Å². The molecule has 1 aromatic carbocycles. The summed E-state index contributed by atoms with van der Waals surface area (Å²) >= 11 is 0. The fraction of sp³-hybridized carbons (Fsp3) is 0.300. The zero-order valence-electron chi connectivity index (χ0n) is 7.95. The van der Waals surface area contributed by atoms with Crippen LogP contribution >= 0.6 is 0 Å². The maximum Gasteiger partial charge on any atom is 0.240 e. The molecule has 0 fully saturated rings. The van der Waals surface area contributed by atoms with Gasteiger partial charge in [-0.3, -0.25) is 9.80 Å². The van der Waals surface area contributed by atoms with Crippen LogP contribution in [0.4, 0.5) is 0 Å². The first-order chi connectivity index (χ1) is 6.09. The predicted octanol–water partition coefficient (Wildman–Crippen LogP) is 0.870. The fourth-order valence-corrected chi connectivity index (χ4v) is 1.01. The van der Waals surface area contributed by atoms with Crippen molar-refractivity contribution in [2.75, 3.05) is 7.05 Å². The number of amides is 1. The quantitative estimate of drug-likeness (QED) is 0.415. The number of hydrazine groups is 1. The van der Waals surface area contributed by atoms with Gasteiger partial charge in [-0.15, -0.1) is 0 Å². The van der Waals surface area contributed by atoms with Crippen molar-refractivity contribution in [3.63, 3.8) is 0 Å². The lowest BCUT2D eigenvalue weighted by molar-refractivity contribution is -0.129. The van der Waals surface area contributed by atoms with Gasteiger partial charge in [0.2, 0.25) is 5.91 Å². The molecule has 1 amide bonds. The molecule has 0 spiro atoms. The number of hydrogen-bond donors (Lipinski definition) is 1. The van der Waals surface area contributed by atoms with Crippen molar-refractivity contribution >= 4 is 5.91 Å². The molecule has 3 nitrogen and oxygen atoms in total. The third-order valence-electron chi connectivity index (χ3n) is 1.87. The van der Waals surface area contributed by atoms with Gasteiger partial charge in [-0.1, -0.05) is 29.8 Å². The van der Waals surface area contributed by atoms with Crippen LogP contribution in [-0.4, -0.2) is 18.0 Å². The number of carbonyl (C=O) groups is 1. The highest BCUT2D eigenvalue weighted by atomic mass is 16.2. The summed E-state index contributed by atoms with van der Waals surface area (Å²) in [6.07, 6.45) is 0.368. The SMILES string of the molecule is Cc1ccc(CC(=O)N(C)N)cc1. The molecular formula is C10H14N2O. The van der Waals surface area contributed by atoms with Crippen molar-refractivity contribution in [1.82, 2.24) is 5.01 Å². The maximum absolute atomic E-state index is 11.2. The van der Waals surface area contributed by atoms with E-state index < -0.39 is 0 Å². The Morgan fingerprint density at radius 1 is 1.38 bits per heavy atom. The second kappa shape index (κ2) is 4.05. The van der Waals surface area contributed by atoms with E-state index in [1.54, 1.807) is 7.05 Å². The van der Waals surface area contributed by atoms with Gasteiger partial charge in [-0.25, -0.2) is 5.84 Å². The van der Waals surface area contributed by atoms with E-state index in [9.17, 15) is 4.79 Å². The maximum atomic E-state index is 11.2. The average molecular weight is 178 g/mol. The highest BCUT2D eigenvalue weighted by Crippen LogP contribution is 2.04. The van der Waals surface area contributed by atoms with Crippen molar-refractivity contribution in [1.29, 1.82) is 0 Å². The van der Waals surface area contributed by atoms with Gasteiger partial charge in [0.25, 0.3) is 0 Å². The molecule has 0 saturated carbocycles. The minimum atomic E-state index is -0.0798. The van der Waals surface area contributed by atoms with Crippen molar-refractivity contribution in [3.05, 3.63) is 35.4 Å². The number of nitrogens with zero attached hydrogens (tertiary/aromatic N) is 1. The van der Waals surface area contributed by atoms with E-state index in [-0.39, 0.29) is 5.91 Å². The lowest BCUT2D eigenvalue weighted by atomic mass is 10.1. The first-order valence-electron chi connectivity index (χ1n) is 4.16. The van der Waals surface area contributed by atoms with Crippen molar-refractivity contribution in [3.8, 4) is 0 Å². The van der Waals surface area contributed by atoms with Gasteiger partial charge in [-0.05, 0) is 12.5 Å². The second-order valence-electron chi connectivity index (χ2n) is 3.17. The highest BCUT2D eigenvalue weighted by molar-refractivity contribution is 5.77. The molecule has 13 heavy (non-hydrogen) atoms. The molecule has 0 heterocycles. The molecular weight excluding hydrogens is 164 g/mol. The van der Waals surface area contributed by atoms with Gasteiger partial charge in [0.05, 0.1) is 6.42 Å². The number of aryl methyl sites for hydroxylation is 1. The molecule has 3 heteroatoms. The smallest absolute Gasteiger partial charge is 0.240 e. The van der Waals surface area contributed by atoms with Gasteiger partial charge in [-0.2, -0.15) is 0 Å². The molecule has 0 aliphatic rings. The fourth-order valence-electron chi connectivity index (χ4n) is 1.01. The molecule has 0 unspecified atom stereocenters. The number of hydrogen-bond acceptors (Lipinski definition) is 2. The summed E-state index contributed by atoms with van der Waals surface area (Å²) in [4.78, 5) is 11.2. The van der Waals surface area contributed by atoms with Crippen LogP contribution in [0.3, 0.4) is 0 Å². The Labute approximate surface area is 78.1 Å². The molecule has 0 atom stereocenters. The summed E-state index contributed by atoms with van der Waals surface area (Å²) in [7, 11) is 1.55. The van der Waals surface area contributed by atoms with Crippen LogP contribution in [0.2, 0.25) is 0 Å². The van der Waals surface area contributed by atoms with Crippen LogP contribution in [0.15, 0.2) is 24.3 Å². The third kappa shape index (κ3) is 2.87. The zero-order valence-corrected chi connectivity index (χ0v) is 7.95. The third-order valence-corrected chi connectivity index (χ3v) is 1.87. The number of benzene rings is 1. The average Bonchev–Trinajstić information content (AvgIpc) is 2.08. The van der Waals surface area contributed by atoms with Gasteiger partial charge in [0.15, 0.2) is 0 Å². The van der Waals surface area contributed by atoms with Crippen molar-refractivity contribution in [2.45, 2.75) is 13.3 Å². The van der Waals surface area contributed by atoms with Gasteiger partial charge < -0.3 is 0 Å². The monoisotopic (exact) mass is 178 g/mol. The minimum Gasteiger partial charge on any atom is -0.284 e. The second-order valence-corrected chi connectivity index (χ2v) is 3.17. The summed E-state index contributed by atoms with van der Waals surface area (Å²) in [6, 6.07) is 7.85. The molecule has 2 N–H and O–H groups in total. The number of nitrogens with two attached hydrogens (primary N) is 1. The van der Waals surface area contributed by atoms with Gasteiger partial charge in [0.1, 0.15) is 0 Å². The number of likely N-dealkylation sites (N-methyl/N-ethyl adjacent to an activating group) is 1. The lowest BCUT2D eigenvalue weighted by Gasteiger charge is -2.09. The van der Waals surface area contributed by atoms with Gasteiger partial charge >= 0.3 is 0 Å². The van der Waals surface area contributed by atoms with Crippen LogP contribution in [0.5, 0.6) is 0 Å². The molecule has 1 rings (SSSR count). The Kier molecular flexibility index (Phi) is 3.03. The Morgan fingerprint density at radius 2 is 1.92 bits per heavy atom. The Balaban J connectivity index is 2.65. The van der Waals surface area contributed by atoms with Crippen LogP contribution < -0.4 is 5.84 Å². The molecule has 0 aliphatic heterocycles. The summed E-state index contributed by atoms with van der Waals surface area (Å²) in [5.41, 5.74) is 2.19. The molecule has 70 valence electrons. The van der Waals surface area contributed by atoms with Crippen LogP contribution in [0.1, 0.15) is 11.1 Å². The number of rotatable bonds is 2. The first kappa shape index (κ1) is 9.74. The summed E-state index contributed by atoms with van der Waals surface area (Å²) < 4.78 is 0. The first-order valence-corrected chi connectivity index (χ1v) is 4.16. The zero-order chi connectivity index (χ0) is 9.84. The molecule has 0 aromatic heterocycles. The normalized spacial score (nSPS) is 9.77. The molecule has 0 radical (unpaired) electrons. The van der Waals surface area contributed by atoms with E-state index in [4.69, 9.17) is 5.84 Å². The van der Waals surface area contributed by atoms with E-state index >= 15 is 0 Å². The van der Waals surface area contributed by atoms with Crippen LogP contribution in [0, 0.1) is 6.92 Å². The predicted molar refractivity (Wildman–Crippen MR) is 51.8 cm³/mol. The van der Waals surface area contributed by atoms with Gasteiger partial charge in [0, 0.05) is 7.05 Å². The van der Waals surface area contributed by atoms with E-state index in [2.05, 4.69) is 0 Å². The number of carbonyl (C=O) groups excluding carboxylic acids is 1. The molecule has 0 aliphatic carbocycles. The highest BCUT2D eigenvalue weighted by Gasteiger charge is 2.04. The Morgan fingerprint density at radius 3 is 2.38 bits per heavy atom. The van der Waals surface area contributed by atoms with Crippen LogP contribution in [0.25, 0.3) is 0 Å². The Hall–Kier alpha value is -1.35. The van der Waals surface area contributed by atoms with E-state index in [1.165, 1.54) is 5.56 Å². The molecule has 1 aromatic rings. The lowest BCUT2D eigenvalue weighted by Crippen LogP contribution is -2.34.